The van der Waals surface area contributed by atoms with Gasteiger partial charge in [0.1, 0.15) is 0 Å². The number of hydrogen-bond acceptors (Lipinski definition) is 3. The smallest absolute Gasteiger partial charge is 0.243 e. The van der Waals surface area contributed by atoms with Crippen molar-refractivity contribution in [3.63, 3.8) is 0 Å². The predicted octanol–water partition coefficient (Wildman–Crippen LogP) is 3.37. The second-order valence-electron chi connectivity index (χ2n) is 4.74. The summed E-state index contributed by atoms with van der Waals surface area (Å²) in [5.41, 5.74) is 2.76. The number of aryl methyl sites for hydroxylation is 1. The third-order valence-electron chi connectivity index (χ3n) is 3.22. The normalized spacial score (nSPS) is 10.2. The molecule has 0 atom stereocenters. The molecule has 0 aliphatic rings. The van der Waals surface area contributed by atoms with E-state index in [9.17, 15) is 4.79 Å². The molecule has 4 nitrogen and oxygen atoms in total. The molecule has 0 bridgehead atoms. The first-order chi connectivity index (χ1) is 10.1. The van der Waals surface area contributed by atoms with Crippen molar-refractivity contribution in [2.24, 2.45) is 0 Å². The van der Waals surface area contributed by atoms with Crippen LogP contribution in [0.15, 0.2) is 42.7 Å². The van der Waals surface area contributed by atoms with E-state index in [1.165, 1.54) is 0 Å². The van der Waals surface area contributed by atoms with Crippen molar-refractivity contribution in [2.75, 3.05) is 23.8 Å². The van der Waals surface area contributed by atoms with Crippen LogP contribution in [-0.2, 0) is 11.2 Å². The van der Waals surface area contributed by atoms with Gasteiger partial charge in [0.25, 0.3) is 0 Å². The fourth-order valence-electron chi connectivity index (χ4n) is 2.12. The monoisotopic (exact) mass is 303 g/mol. The number of benzene rings is 1. The highest BCUT2D eigenvalue weighted by atomic mass is 35.5. The number of pyridine rings is 1. The maximum absolute atomic E-state index is 12.2. The molecule has 1 aromatic carbocycles. The Hall–Kier alpha value is -2.07. The van der Waals surface area contributed by atoms with Gasteiger partial charge in [-0.05, 0) is 24.1 Å². The van der Waals surface area contributed by atoms with E-state index in [1.54, 1.807) is 23.4 Å². The summed E-state index contributed by atoms with van der Waals surface area (Å²) >= 11 is 6.07. The summed E-state index contributed by atoms with van der Waals surface area (Å²) in [4.78, 5) is 17.9. The van der Waals surface area contributed by atoms with E-state index >= 15 is 0 Å². The van der Waals surface area contributed by atoms with Crippen LogP contribution in [0.5, 0.6) is 0 Å². The summed E-state index contributed by atoms with van der Waals surface area (Å²) in [6.45, 7) is 2.29. The lowest BCUT2D eigenvalue weighted by molar-refractivity contribution is -0.114. The Balaban J connectivity index is 2.03. The molecule has 1 heterocycles. The standard InChI is InChI=1S/C16H18ClN3O/c1-3-12-6-4-5-7-14(12)19-16(21)11-20(2)15-8-9-18-10-13(15)17/h4-10H,3,11H2,1-2H3,(H,19,21). The molecule has 0 fully saturated rings. The highest BCUT2D eigenvalue weighted by Crippen LogP contribution is 2.23. The van der Waals surface area contributed by atoms with E-state index in [0.717, 1.165) is 23.4 Å². The highest BCUT2D eigenvalue weighted by Gasteiger charge is 2.11. The van der Waals surface area contributed by atoms with Crippen molar-refractivity contribution < 1.29 is 4.79 Å². The minimum atomic E-state index is -0.0775. The van der Waals surface area contributed by atoms with Crippen LogP contribution in [0, 0.1) is 0 Å². The summed E-state index contributed by atoms with van der Waals surface area (Å²) in [5.74, 6) is -0.0775. The lowest BCUT2D eigenvalue weighted by Crippen LogP contribution is -2.30. The molecule has 0 aliphatic carbocycles. The molecular weight excluding hydrogens is 286 g/mol. The molecule has 21 heavy (non-hydrogen) atoms. The number of halogens is 1. The molecule has 0 radical (unpaired) electrons. The number of carbonyl (C=O) groups is 1. The quantitative estimate of drug-likeness (QED) is 0.921. The van der Waals surface area contributed by atoms with Gasteiger partial charge in [0, 0.05) is 25.1 Å². The lowest BCUT2D eigenvalue weighted by Gasteiger charge is -2.20. The molecule has 110 valence electrons. The number of anilines is 2. The Morgan fingerprint density at radius 1 is 1.33 bits per heavy atom. The van der Waals surface area contributed by atoms with Crippen LogP contribution in [0.3, 0.4) is 0 Å². The third kappa shape index (κ3) is 3.95. The van der Waals surface area contributed by atoms with Gasteiger partial charge in [-0.15, -0.1) is 0 Å². The number of aromatic nitrogens is 1. The summed E-state index contributed by atoms with van der Waals surface area (Å²) in [6, 6.07) is 9.60. The third-order valence-corrected chi connectivity index (χ3v) is 3.51. The first kappa shape index (κ1) is 15.3. The Kier molecular flexibility index (Phi) is 5.17. The van der Waals surface area contributed by atoms with Crippen LogP contribution in [0.2, 0.25) is 5.02 Å². The molecule has 0 saturated carbocycles. The molecule has 1 N–H and O–H groups in total. The van der Waals surface area contributed by atoms with E-state index in [-0.39, 0.29) is 12.5 Å². The second-order valence-corrected chi connectivity index (χ2v) is 5.15. The fourth-order valence-corrected chi connectivity index (χ4v) is 2.38. The van der Waals surface area contributed by atoms with E-state index in [1.807, 2.05) is 31.3 Å². The first-order valence-electron chi connectivity index (χ1n) is 6.80. The minimum absolute atomic E-state index is 0.0775. The van der Waals surface area contributed by atoms with E-state index in [4.69, 9.17) is 11.6 Å². The van der Waals surface area contributed by atoms with Crippen molar-refractivity contribution in [1.82, 2.24) is 4.98 Å². The Bertz CT molecular complexity index is 630. The van der Waals surface area contributed by atoms with Gasteiger partial charge >= 0.3 is 0 Å². The van der Waals surface area contributed by atoms with E-state index in [2.05, 4.69) is 17.2 Å². The van der Waals surface area contributed by atoms with Crippen LogP contribution < -0.4 is 10.2 Å². The van der Waals surface area contributed by atoms with E-state index < -0.39 is 0 Å². The van der Waals surface area contributed by atoms with Gasteiger partial charge in [-0.2, -0.15) is 0 Å². The molecule has 1 amide bonds. The number of rotatable bonds is 5. The number of carbonyl (C=O) groups excluding carboxylic acids is 1. The van der Waals surface area contributed by atoms with E-state index in [0.29, 0.717) is 5.02 Å². The molecular formula is C16H18ClN3O. The summed E-state index contributed by atoms with van der Waals surface area (Å²) in [5, 5.41) is 3.47. The van der Waals surface area contributed by atoms with Crippen LogP contribution in [-0.4, -0.2) is 24.5 Å². The zero-order valence-electron chi connectivity index (χ0n) is 12.1. The van der Waals surface area contributed by atoms with Gasteiger partial charge in [0.15, 0.2) is 0 Å². The summed E-state index contributed by atoms with van der Waals surface area (Å²) < 4.78 is 0. The molecule has 1 aromatic heterocycles. The SMILES string of the molecule is CCc1ccccc1NC(=O)CN(C)c1ccncc1Cl. The van der Waals surface area contributed by atoms with Crippen LogP contribution in [0.4, 0.5) is 11.4 Å². The molecule has 0 saturated heterocycles. The number of nitrogens with zero attached hydrogens (tertiary/aromatic N) is 2. The number of para-hydroxylation sites is 1. The van der Waals surface area contributed by atoms with Gasteiger partial charge in [0.05, 0.1) is 17.3 Å². The number of nitrogens with one attached hydrogen (secondary N) is 1. The molecule has 0 aliphatic heterocycles. The average Bonchev–Trinajstić information content (AvgIpc) is 2.48. The highest BCUT2D eigenvalue weighted by molar-refractivity contribution is 6.33. The minimum Gasteiger partial charge on any atom is -0.364 e. The maximum Gasteiger partial charge on any atom is 0.243 e. The van der Waals surface area contributed by atoms with Gasteiger partial charge in [-0.3, -0.25) is 9.78 Å². The molecule has 5 heteroatoms. The predicted molar refractivity (Wildman–Crippen MR) is 87.0 cm³/mol. The van der Waals surface area contributed by atoms with Crippen molar-refractivity contribution in [2.45, 2.75) is 13.3 Å². The van der Waals surface area contributed by atoms with Gasteiger partial charge in [-0.1, -0.05) is 36.7 Å². The van der Waals surface area contributed by atoms with Crippen molar-refractivity contribution in [3.8, 4) is 0 Å². The zero-order chi connectivity index (χ0) is 15.2. The Labute approximate surface area is 129 Å². The molecule has 0 unspecified atom stereocenters. The van der Waals surface area contributed by atoms with Crippen LogP contribution in [0.25, 0.3) is 0 Å². The molecule has 2 rings (SSSR count). The summed E-state index contributed by atoms with van der Waals surface area (Å²) in [7, 11) is 1.83. The average molecular weight is 304 g/mol. The fraction of sp³-hybridized carbons (Fsp3) is 0.250. The second kappa shape index (κ2) is 7.09. The topological polar surface area (TPSA) is 45.2 Å². The van der Waals surface area contributed by atoms with Crippen molar-refractivity contribution in [3.05, 3.63) is 53.3 Å². The first-order valence-corrected chi connectivity index (χ1v) is 7.18. The molecule has 0 spiro atoms. The van der Waals surface area contributed by atoms with Crippen LogP contribution >= 0.6 is 11.6 Å². The number of amides is 1. The van der Waals surface area contributed by atoms with Gasteiger partial charge in [-0.25, -0.2) is 0 Å². The summed E-state index contributed by atoms with van der Waals surface area (Å²) in [6.07, 6.45) is 4.10. The largest absolute Gasteiger partial charge is 0.364 e. The van der Waals surface area contributed by atoms with Gasteiger partial charge < -0.3 is 10.2 Å². The van der Waals surface area contributed by atoms with Gasteiger partial charge in [0.2, 0.25) is 5.91 Å². The Morgan fingerprint density at radius 3 is 2.81 bits per heavy atom. The lowest BCUT2D eigenvalue weighted by atomic mass is 10.1. The number of likely N-dealkylation sites (N-methyl/N-ethyl adjacent to an activating group) is 1. The van der Waals surface area contributed by atoms with Crippen molar-refractivity contribution in [1.29, 1.82) is 0 Å². The molecule has 2 aromatic rings. The zero-order valence-corrected chi connectivity index (χ0v) is 12.9. The van der Waals surface area contributed by atoms with Crippen molar-refractivity contribution >= 4 is 28.9 Å². The number of hydrogen-bond donors (Lipinski definition) is 1. The maximum atomic E-state index is 12.2. The van der Waals surface area contributed by atoms with Crippen LogP contribution in [0.1, 0.15) is 12.5 Å². The Morgan fingerprint density at radius 2 is 2.10 bits per heavy atom.